The van der Waals surface area contributed by atoms with E-state index in [2.05, 4.69) is 16.7 Å². The minimum absolute atomic E-state index is 0.381. The molecule has 1 fully saturated rings. The first-order chi connectivity index (χ1) is 8.10. The molecule has 0 bridgehead atoms. The van der Waals surface area contributed by atoms with Gasteiger partial charge in [0.05, 0.1) is 6.61 Å². The Kier molecular flexibility index (Phi) is 5.88. The molecular weight excluding hydrogens is 220 g/mol. The minimum atomic E-state index is -0.731. The van der Waals surface area contributed by atoms with E-state index in [4.69, 9.17) is 9.84 Å². The van der Waals surface area contributed by atoms with E-state index < -0.39 is 5.97 Å². The van der Waals surface area contributed by atoms with E-state index in [0.717, 1.165) is 39.2 Å². The van der Waals surface area contributed by atoms with Crippen LogP contribution in [0.2, 0.25) is 0 Å². The Morgan fingerprint density at radius 1 is 1.53 bits per heavy atom. The number of aliphatic carboxylic acids is 1. The highest BCUT2D eigenvalue weighted by Gasteiger charge is 2.30. The predicted octanol–water partition coefficient (Wildman–Crippen LogP) is 0.502. The fourth-order valence-electron chi connectivity index (χ4n) is 2.32. The zero-order valence-corrected chi connectivity index (χ0v) is 11.1. The third-order valence-corrected chi connectivity index (χ3v) is 3.60. The van der Waals surface area contributed by atoms with E-state index in [9.17, 15) is 4.79 Å². The Labute approximate surface area is 103 Å². The lowest BCUT2D eigenvalue weighted by molar-refractivity contribution is -0.143. The van der Waals surface area contributed by atoms with Crippen LogP contribution in [0.1, 0.15) is 20.3 Å². The number of nitrogens with zero attached hydrogens (tertiary/aromatic N) is 2. The molecule has 0 aliphatic carbocycles. The summed E-state index contributed by atoms with van der Waals surface area (Å²) in [6.45, 7) is 8.19. The maximum atomic E-state index is 11.0. The van der Waals surface area contributed by atoms with Gasteiger partial charge in [0.1, 0.15) is 6.04 Å². The maximum Gasteiger partial charge on any atom is 0.320 e. The van der Waals surface area contributed by atoms with Gasteiger partial charge in [0.15, 0.2) is 0 Å². The summed E-state index contributed by atoms with van der Waals surface area (Å²) >= 11 is 0. The lowest BCUT2D eigenvalue weighted by Crippen LogP contribution is -2.57. The van der Waals surface area contributed by atoms with Gasteiger partial charge in [-0.15, -0.1) is 0 Å². The molecule has 2 unspecified atom stereocenters. The average molecular weight is 244 g/mol. The third-order valence-electron chi connectivity index (χ3n) is 3.60. The number of carboxylic acid groups (broad SMARTS) is 1. The summed E-state index contributed by atoms with van der Waals surface area (Å²) in [5.74, 6) is -0.731. The number of ether oxygens (including phenoxy) is 1. The van der Waals surface area contributed by atoms with Crippen molar-refractivity contribution in [3.8, 4) is 0 Å². The van der Waals surface area contributed by atoms with Crippen LogP contribution in [0.3, 0.4) is 0 Å². The molecule has 1 rings (SSSR count). The summed E-state index contributed by atoms with van der Waals surface area (Å²) in [5.41, 5.74) is 0. The van der Waals surface area contributed by atoms with Crippen molar-refractivity contribution < 1.29 is 14.6 Å². The lowest BCUT2D eigenvalue weighted by Gasteiger charge is -2.42. The highest BCUT2D eigenvalue weighted by atomic mass is 16.5. The van der Waals surface area contributed by atoms with E-state index in [1.54, 1.807) is 14.0 Å². The van der Waals surface area contributed by atoms with Crippen LogP contribution in [0, 0.1) is 0 Å². The van der Waals surface area contributed by atoms with Gasteiger partial charge in [-0.25, -0.2) is 0 Å². The third kappa shape index (κ3) is 3.94. The van der Waals surface area contributed by atoms with Crippen LogP contribution in [0.5, 0.6) is 0 Å². The van der Waals surface area contributed by atoms with Crippen molar-refractivity contribution >= 4 is 5.97 Å². The number of piperazine rings is 1. The first kappa shape index (κ1) is 14.4. The topological polar surface area (TPSA) is 53.0 Å². The van der Waals surface area contributed by atoms with Crippen LogP contribution >= 0.6 is 0 Å². The molecule has 0 radical (unpaired) electrons. The molecule has 0 aromatic rings. The van der Waals surface area contributed by atoms with Crippen molar-refractivity contribution in [2.75, 3.05) is 39.9 Å². The smallest absolute Gasteiger partial charge is 0.320 e. The Balaban J connectivity index is 2.51. The zero-order valence-electron chi connectivity index (χ0n) is 11.1. The summed E-state index contributed by atoms with van der Waals surface area (Å²) < 4.78 is 5.10. The van der Waals surface area contributed by atoms with Crippen molar-refractivity contribution in [2.45, 2.75) is 32.4 Å². The SMILES string of the molecule is CCC1CN(C(C)C(=O)O)CCN1CCOC. The fraction of sp³-hybridized carbons (Fsp3) is 0.917. The molecule has 0 aromatic carbocycles. The number of rotatable bonds is 6. The Morgan fingerprint density at radius 3 is 2.76 bits per heavy atom. The van der Waals surface area contributed by atoms with Gasteiger partial charge in [0, 0.05) is 39.3 Å². The van der Waals surface area contributed by atoms with Crippen molar-refractivity contribution in [3.05, 3.63) is 0 Å². The van der Waals surface area contributed by atoms with Gasteiger partial charge in [0.25, 0.3) is 0 Å². The van der Waals surface area contributed by atoms with Gasteiger partial charge < -0.3 is 9.84 Å². The molecule has 0 amide bonds. The molecule has 5 heteroatoms. The molecule has 100 valence electrons. The second-order valence-corrected chi connectivity index (χ2v) is 4.60. The summed E-state index contributed by atoms with van der Waals surface area (Å²) in [6.07, 6.45) is 1.05. The molecule has 5 nitrogen and oxygen atoms in total. The lowest BCUT2D eigenvalue weighted by atomic mass is 10.1. The summed E-state index contributed by atoms with van der Waals surface area (Å²) in [5, 5.41) is 9.03. The summed E-state index contributed by atoms with van der Waals surface area (Å²) in [6, 6.07) is 0.0642. The van der Waals surface area contributed by atoms with Crippen LogP contribution in [-0.4, -0.2) is 72.9 Å². The van der Waals surface area contributed by atoms with Gasteiger partial charge in [-0.3, -0.25) is 14.6 Å². The number of methoxy groups -OCH3 is 1. The van der Waals surface area contributed by atoms with Crippen molar-refractivity contribution in [1.29, 1.82) is 0 Å². The monoisotopic (exact) mass is 244 g/mol. The van der Waals surface area contributed by atoms with Crippen LogP contribution in [0.15, 0.2) is 0 Å². The first-order valence-electron chi connectivity index (χ1n) is 6.30. The van der Waals surface area contributed by atoms with Gasteiger partial charge in [0.2, 0.25) is 0 Å². The largest absolute Gasteiger partial charge is 0.480 e. The molecule has 1 saturated heterocycles. The molecular formula is C12H24N2O3. The number of carbonyl (C=O) groups is 1. The first-order valence-corrected chi connectivity index (χ1v) is 6.30. The second kappa shape index (κ2) is 6.93. The van der Waals surface area contributed by atoms with Crippen LogP contribution in [-0.2, 0) is 9.53 Å². The maximum absolute atomic E-state index is 11.0. The average Bonchev–Trinajstić information content (AvgIpc) is 2.35. The van der Waals surface area contributed by atoms with Crippen molar-refractivity contribution in [2.24, 2.45) is 0 Å². The van der Waals surface area contributed by atoms with Crippen molar-refractivity contribution in [1.82, 2.24) is 9.80 Å². The number of hydrogen-bond acceptors (Lipinski definition) is 4. The molecule has 0 aromatic heterocycles. The molecule has 1 aliphatic heterocycles. The fourth-order valence-corrected chi connectivity index (χ4v) is 2.32. The van der Waals surface area contributed by atoms with E-state index in [1.807, 2.05) is 0 Å². The van der Waals surface area contributed by atoms with Crippen LogP contribution in [0.4, 0.5) is 0 Å². The quantitative estimate of drug-likeness (QED) is 0.737. The van der Waals surface area contributed by atoms with E-state index in [1.165, 1.54) is 0 Å². The molecule has 0 saturated carbocycles. The minimum Gasteiger partial charge on any atom is -0.480 e. The van der Waals surface area contributed by atoms with Crippen molar-refractivity contribution in [3.63, 3.8) is 0 Å². The molecule has 2 atom stereocenters. The predicted molar refractivity (Wildman–Crippen MR) is 66.2 cm³/mol. The standard InChI is InChI=1S/C12H24N2O3/c1-4-11-9-14(10(2)12(15)16)6-5-13(11)7-8-17-3/h10-11H,4-9H2,1-3H3,(H,15,16). The Hall–Kier alpha value is -0.650. The van der Waals surface area contributed by atoms with E-state index in [-0.39, 0.29) is 6.04 Å². The molecule has 17 heavy (non-hydrogen) atoms. The zero-order chi connectivity index (χ0) is 12.8. The second-order valence-electron chi connectivity index (χ2n) is 4.60. The normalized spacial score (nSPS) is 24.8. The highest BCUT2D eigenvalue weighted by Crippen LogP contribution is 2.15. The van der Waals surface area contributed by atoms with Crippen LogP contribution in [0.25, 0.3) is 0 Å². The number of hydrogen-bond donors (Lipinski definition) is 1. The van der Waals surface area contributed by atoms with Crippen LogP contribution < -0.4 is 0 Å². The molecule has 0 spiro atoms. The van der Waals surface area contributed by atoms with Gasteiger partial charge >= 0.3 is 5.97 Å². The Morgan fingerprint density at radius 2 is 2.24 bits per heavy atom. The van der Waals surface area contributed by atoms with E-state index >= 15 is 0 Å². The molecule has 1 heterocycles. The summed E-state index contributed by atoms with van der Waals surface area (Å²) in [7, 11) is 1.71. The molecule has 1 N–H and O–H groups in total. The van der Waals surface area contributed by atoms with Gasteiger partial charge in [-0.1, -0.05) is 6.92 Å². The number of carboxylic acids is 1. The van der Waals surface area contributed by atoms with Gasteiger partial charge in [-0.2, -0.15) is 0 Å². The highest BCUT2D eigenvalue weighted by molar-refractivity contribution is 5.72. The molecule has 1 aliphatic rings. The Bertz CT molecular complexity index is 248. The van der Waals surface area contributed by atoms with Gasteiger partial charge in [-0.05, 0) is 13.3 Å². The summed E-state index contributed by atoms with van der Waals surface area (Å²) in [4.78, 5) is 15.4. The van der Waals surface area contributed by atoms with E-state index in [0.29, 0.717) is 6.04 Å².